The number of aldehydes is 1. The molecule has 1 aliphatic heterocycles. The third-order valence-electron chi connectivity index (χ3n) is 2.10. The van der Waals surface area contributed by atoms with E-state index in [0.29, 0.717) is 0 Å². The van der Waals surface area contributed by atoms with Gasteiger partial charge in [0.05, 0.1) is 12.7 Å². The highest BCUT2D eigenvalue weighted by atomic mass is 16.5. The Kier molecular flexibility index (Phi) is 2.48. The number of hydrogen-bond donors (Lipinski definition) is 3. The minimum Gasteiger partial charge on any atom is -0.388 e. The topological polar surface area (TPSA) is 87.0 Å². The van der Waals surface area contributed by atoms with Crippen LogP contribution in [0.2, 0.25) is 0 Å². The lowest BCUT2D eigenvalue weighted by Gasteiger charge is -2.38. The fourth-order valence-corrected chi connectivity index (χ4v) is 1.11. The Morgan fingerprint density at radius 3 is 2.67 bits per heavy atom. The largest absolute Gasteiger partial charge is 0.388 e. The van der Waals surface area contributed by atoms with E-state index in [2.05, 4.69) is 0 Å². The van der Waals surface area contributed by atoms with E-state index in [1.807, 2.05) is 0 Å². The standard InChI is InChI=1S/C7H12O5/c1-4-5(9)6(10)7(11,2-8)3-12-4/h2,4-6,9-11H,3H2,1H3/t4-,5+,6+,7+/m1/s1. The summed E-state index contributed by atoms with van der Waals surface area (Å²) < 4.78 is 4.88. The zero-order valence-corrected chi connectivity index (χ0v) is 6.67. The van der Waals surface area contributed by atoms with E-state index < -0.39 is 23.9 Å². The van der Waals surface area contributed by atoms with Gasteiger partial charge in [0.2, 0.25) is 0 Å². The van der Waals surface area contributed by atoms with Crippen molar-refractivity contribution in [3.63, 3.8) is 0 Å². The summed E-state index contributed by atoms with van der Waals surface area (Å²) in [6.07, 6.45) is -3.08. The zero-order valence-electron chi connectivity index (χ0n) is 6.67. The smallest absolute Gasteiger partial charge is 0.171 e. The molecule has 0 spiro atoms. The molecule has 5 nitrogen and oxygen atoms in total. The van der Waals surface area contributed by atoms with Crippen molar-refractivity contribution in [2.45, 2.75) is 30.8 Å². The van der Waals surface area contributed by atoms with E-state index in [4.69, 9.17) is 4.74 Å². The Balaban J connectivity index is 2.77. The number of hydrogen-bond acceptors (Lipinski definition) is 5. The van der Waals surface area contributed by atoms with Crippen LogP contribution < -0.4 is 0 Å². The molecule has 3 N–H and O–H groups in total. The van der Waals surface area contributed by atoms with Crippen LogP contribution >= 0.6 is 0 Å². The first-order chi connectivity index (χ1) is 5.51. The predicted octanol–water partition coefficient (Wildman–Crippen LogP) is -1.94. The second-order valence-electron chi connectivity index (χ2n) is 3.06. The van der Waals surface area contributed by atoms with Gasteiger partial charge in [0.25, 0.3) is 0 Å². The number of ether oxygens (including phenoxy) is 1. The van der Waals surface area contributed by atoms with Gasteiger partial charge in [-0.25, -0.2) is 0 Å². The molecule has 0 saturated carbocycles. The molecule has 0 amide bonds. The molecule has 70 valence electrons. The molecule has 0 aliphatic carbocycles. The van der Waals surface area contributed by atoms with Crippen molar-refractivity contribution < 1.29 is 24.9 Å². The maximum atomic E-state index is 10.3. The highest BCUT2D eigenvalue weighted by molar-refractivity contribution is 5.64. The first kappa shape index (κ1) is 9.60. The molecule has 5 heteroatoms. The lowest BCUT2D eigenvalue weighted by molar-refractivity contribution is -0.219. The number of carbonyl (C=O) groups excluding carboxylic acids is 1. The van der Waals surface area contributed by atoms with Gasteiger partial charge < -0.3 is 20.1 Å². The average molecular weight is 176 g/mol. The van der Waals surface area contributed by atoms with E-state index in [0.717, 1.165) is 0 Å². The number of aliphatic hydroxyl groups is 3. The molecule has 4 atom stereocenters. The summed E-state index contributed by atoms with van der Waals surface area (Å²) >= 11 is 0. The fourth-order valence-electron chi connectivity index (χ4n) is 1.11. The van der Waals surface area contributed by atoms with Gasteiger partial charge in [-0.1, -0.05) is 0 Å². The Morgan fingerprint density at radius 2 is 2.17 bits per heavy atom. The van der Waals surface area contributed by atoms with E-state index in [9.17, 15) is 20.1 Å². The molecular formula is C7H12O5. The van der Waals surface area contributed by atoms with Crippen LogP contribution in [0.1, 0.15) is 6.92 Å². The average Bonchev–Trinajstić information content (AvgIpc) is 2.09. The minimum absolute atomic E-state index is 0.187. The fraction of sp³-hybridized carbons (Fsp3) is 0.857. The summed E-state index contributed by atoms with van der Waals surface area (Å²) in [6.45, 7) is 1.27. The van der Waals surface area contributed by atoms with Gasteiger partial charge in [-0.2, -0.15) is 0 Å². The zero-order chi connectivity index (χ0) is 9.35. The first-order valence-electron chi connectivity index (χ1n) is 3.68. The third-order valence-corrected chi connectivity index (χ3v) is 2.10. The SMILES string of the molecule is C[C@H]1OC[C@@](O)(C=O)[C@@H](O)[C@H]1O. The Bertz CT molecular complexity index is 183. The summed E-state index contributed by atoms with van der Waals surface area (Å²) in [6, 6.07) is 0. The molecule has 1 rings (SSSR count). The van der Waals surface area contributed by atoms with Gasteiger partial charge in [0.1, 0.15) is 12.2 Å². The second-order valence-corrected chi connectivity index (χ2v) is 3.06. The lowest BCUT2D eigenvalue weighted by Crippen LogP contribution is -2.61. The van der Waals surface area contributed by atoms with Crippen LogP contribution in [-0.4, -0.2) is 52.1 Å². The lowest BCUT2D eigenvalue weighted by atomic mass is 9.90. The van der Waals surface area contributed by atoms with E-state index >= 15 is 0 Å². The van der Waals surface area contributed by atoms with Crippen molar-refractivity contribution in [2.75, 3.05) is 6.61 Å². The Labute approximate surface area is 69.6 Å². The maximum absolute atomic E-state index is 10.3. The van der Waals surface area contributed by atoms with Gasteiger partial charge >= 0.3 is 0 Å². The molecular weight excluding hydrogens is 164 g/mol. The summed E-state index contributed by atoms with van der Waals surface area (Å²) in [5.74, 6) is 0. The van der Waals surface area contributed by atoms with Crippen molar-refractivity contribution in [3.05, 3.63) is 0 Å². The number of aliphatic hydroxyl groups excluding tert-OH is 2. The maximum Gasteiger partial charge on any atom is 0.171 e. The molecule has 0 radical (unpaired) electrons. The van der Waals surface area contributed by atoms with Gasteiger partial charge in [-0.15, -0.1) is 0 Å². The van der Waals surface area contributed by atoms with Gasteiger partial charge in [0, 0.05) is 0 Å². The predicted molar refractivity (Wildman–Crippen MR) is 38.4 cm³/mol. The minimum atomic E-state index is -1.97. The van der Waals surface area contributed by atoms with Crippen molar-refractivity contribution in [3.8, 4) is 0 Å². The summed E-state index contributed by atoms with van der Waals surface area (Å²) in [4.78, 5) is 10.3. The Hall–Kier alpha value is -0.490. The van der Waals surface area contributed by atoms with Gasteiger partial charge in [-0.3, -0.25) is 4.79 Å². The number of carbonyl (C=O) groups is 1. The van der Waals surface area contributed by atoms with Crippen molar-refractivity contribution in [2.24, 2.45) is 0 Å². The van der Waals surface area contributed by atoms with E-state index in [-0.39, 0.29) is 12.9 Å². The molecule has 0 aromatic heterocycles. The van der Waals surface area contributed by atoms with Crippen LogP contribution in [0.5, 0.6) is 0 Å². The van der Waals surface area contributed by atoms with Crippen molar-refractivity contribution >= 4 is 6.29 Å². The van der Waals surface area contributed by atoms with Crippen molar-refractivity contribution in [1.29, 1.82) is 0 Å². The molecule has 1 fully saturated rings. The molecule has 0 bridgehead atoms. The van der Waals surface area contributed by atoms with Crippen LogP contribution in [0.25, 0.3) is 0 Å². The van der Waals surface area contributed by atoms with E-state index in [1.54, 1.807) is 6.92 Å². The molecule has 0 aromatic rings. The highest BCUT2D eigenvalue weighted by Gasteiger charge is 2.46. The molecule has 1 saturated heterocycles. The highest BCUT2D eigenvalue weighted by Crippen LogP contribution is 2.22. The van der Waals surface area contributed by atoms with Gasteiger partial charge in [0.15, 0.2) is 11.9 Å². The molecule has 0 unspecified atom stereocenters. The molecule has 12 heavy (non-hydrogen) atoms. The quantitative estimate of drug-likeness (QED) is 0.404. The summed E-state index contributed by atoms with van der Waals surface area (Å²) in [7, 11) is 0. The summed E-state index contributed by atoms with van der Waals surface area (Å²) in [5.41, 5.74) is -1.97. The monoisotopic (exact) mass is 176 g/mol. The van der Waals surface area contributed by atoms with E-state index in [1.165, 1.54) is 0 Å². The molecule has 1 aliphatic rings. The number of rotatable bonds is 1. The van der Waals surface area contributed by atoms with Crippen LogP contribution in [0, 0.1) is 0 Å². The van der Waals surface area contributed by atoms with Crippen LogP contribution in [0.4, 0.5) is 0 Å². The molecule has 1 heterocycles. The van der Waals surface area contributed by atoms with Crippen LogP contribution in [-0.2, 0) is 9.53 Å². The van der Waals surface area contributed by atoms with Crippen LogP contribution in [0.3, 0.4) is 0 Å². The first-order valence-corrected chi connectivity index (χ1v) is 3.68. The normalized spacial score (nSPS) is 48.8. The van der Waals surface area contributed by atoms with Gasteiger partial charge in [-0.05, 0) is 6.92 Å². The second kappa shape index (κ2) is 3.10. The van der Waals surface area contributed by atoms with Crippen molar-refractivity contribution in [1.82, 2.24) is 0 Å². The van der Waals surface area contributed by atoms with Crippen LogP contribution in [0.15, 0.2) is 0 Å². The Morgan fingerprint density at radius 1 is 1.58 bits per heavy atom. The third kappa shape index (κ3) is 1.36. The summed E-state index contributed by atoms with van der Waals surface area (Å²) in [5, 5.41) is 27.8. The molecule has 0 aromatic carbocycles.